The lowest BCUT2D eigenvalue weighted by Gasteiger charge is -2.39. The van der Waals surface area contributed by atoms with E-state index in [2.05, 4.69) is 24.5 Å². The van der Waals surface area contributed by atoms with Crippen molar-refractivity contribution in [3.05, 3.63) is 32.4 Å². The fraction of sp³-hybridized carbons (Fsp3) is 0.793. The van der Waals surface area contributed by atoms with Crippen molar-refractivity contribution in [2.75, 3.05) is 23.7 Å². The molecule has 4 rings (SSSR count). The van der Waals surface area contributed by atoms with E-state index >= 15 is 0 Å². The molecule has 3 aliphatic rings. The first-order valence-corrected chi connectivity index (χ1v) is 15.1. The lowest BCUT2D eigenvalue weighted by atomic mass is 9.71. The van der Waals surface area contributed by atoms with Crippen LogP contribution in [0, 0.1) is 55.7 Å². The summed E-state index contributed by atoms with van der Waals surface area (Å²) >= 11 is 0. The van der Waals surface area contributed by atoms with Gasteiger partial charge in [0, 0.05) is 18.6 Å². The highest BCUT2D eigenvalue weighted by Gasteiger charge is 2.34. The minimum Gasteiger partial charge on any atom is -0.379 e. The quantitative estimate of drug-likeness (QED) is 0.204. The minimum atomic E-state index is -0.532. The van der Waals surface area contributed by atoms with Crippen molar-refractivity contribution >= 4 is 22.7 Å². The molecule has 0 saturated heterocycles. The van der Waals surface area contributed by atoms with Crippen LogP contribution in [0.5, 0.6) is 0 Å². The van der Waals surface area contributed by atoms with Crippen LogP contribution in [-0.4, -0.2) is 35.0 Å². The zero-order valence-electron chi connectivity index (χ0n) is 23.6. The minimum absolute atomic E-state index is 0.0941. The van der Waals surface area contributed by atoms with Gasteiger partial charge in [-0.3, -0.25) is 20.2 Å². The van der Waals surface area contributed by atoms with E-state index in [-0.39, 0.29) is 17.4 Å². The average Bonchev–Trinajstić information content (AvgIpc) is 2.91. The number of nitrogens with two attached hydrogens (primary N) is 2. The topological polar surface area (TPSA) is 162 Å². The summed E-state index contributed by atoms with van der Waals surface area (Å²) in [4.78, 5) is 22.7. The Morgan fingerprint density at radius 1 is 0.821 bits per heavy atom. The van der Waals surface area contributed by atoms with Gasteiger partial charge in [-0.2, -0.15) is 0 Å². The third kappa shape index (κ3) is 7.60. The Morgan fingerprint density at radius 3 is 2.10 bits per heavy atom. The summed E-state index contributed by atoms with van der Waals surface area (Å²) in [6.45, 7) is 5.75. The van der Waals surface area contributed by atoms with Gasteiger partial charge in [-0.1, -0.05) is 20.3 Å². The third-order valence-corrected chi connectivity index (χ3v) is 9.94. The molecule has 0 aliphatic heterocycles. The van der Waals surface area contributed by atoms with Gasteiger partial charge in [-0.15, -0.1) is 0 Å². The van der Waals surface area contributed by atoms with Gasteiger partial charge < -0.3 is 22.1 Å². The molecule has 1 aromatic carbocycles. The van der Waals surface area contributed by atoms with Crippen LogP contribution in [0.25, 0.3) is 0 Å². The Labute approximate surface area is 232 Å². The number of benzene rings is 1. The Kier molecular flexibility index (Phi) is 10.0. The van der Waals surface area contributed by atoms with Crippen LogP contribution in [-0.2, 0) is 0 Å². The zero-order valence-corrected chi connectivity index (χ0v) is 23.6. The Balaban J connectivity index is 1.43. The first-order chi connectivity index (χ1) is 18.6. The highest BCUT2D eigenvalue weighted by Crippen LogP contribution is 2.42. The van der Waals surface area contributed by atoms with Crippen molar-refractivity contribution in [3.8, 4) is 0 Å². The number of anilines is 2. The predicted molar refractivity (Wildman–Crippen MR) is 156 cm³/mol. The molecule has 218 valence electrons. The second-order valence-corrected chi connectivity index (χ2v) is 12.9. The Hall–Kier alpha value is -2.46. The molecule has 0 aromatic heterocycles. The number of hydrogen-bond acceptors (Lipinski definition) is 8. The smallest absolute Gasteiger partial charge is 0.299 e. The Morgan fingerprint density at radius 2 is 1.46 bits per heavy atom. The SMILES string of the molecule is CC1CC(CC2CCC(Nc3cc(NCC4CCCC(CN)C4)c([N+](=O)[O-])cc3[N+](=O)[O-])C(C)C2)CCC1N. The van der Waals surface area contributed by atoms with Crippen LogP contribution in [0.2, 0.25) is 0 Å². The number of nitro benzene ring substituents is 2. The molecule has 0 spiro atoms. The van der Waals surface area contributed by atoms with Gasteiger partial charge in [0.25, 0.3) is 11.4 Å². The van der Waals surface area contributed by atoms with Gasteiger partial charge >= 0.3 is 0 Å². The molecule has 39 heavy (non-hydrogen) atoms. The fourth-order valence-corrected chi connectivity index (χ4v) is 7.55. The summed E-state index contributed by atoms with van der Waals surface area (Å²) in [5.41, 5.74) is 12.3. The van der Waals surface area contributed by atoms with E-state index in [1.165, 1.54) is 19.3 Å². The van der Waals surface area contributed by atoms with E-state index in [1.54, 1.807) is 6.07 Å². The fourth-order valence-electron chi connectivity index (χ4n) is 7.55. The summed E-state index contributed by atoms with van der Waals surface area (Å²) in [6.07, 6.45) is 12.2. The number of rotatable bonds is 10. The lowest BCUT2D eigenvalue weighted by molar-refractivity contribution is -0.393. The van der Waals surface area contributed by atoms with E-state index in [0.717, 1.165) is 63.4 Å². The average molecular weight is 545 g/mol. The van der Waals surface area contributed by atoms with Gasteiger partial charge in [-0.05, 0) is 112 Å². The van der Waals surface area contributed by atoms with Crippen LogP contribution in [0.3, 0.4) is 0 Å². The molecule has 3 fully saturated rings. The van der Waals surface area contributed by atoms with Crippen molar-refractivity contribution in [2.45, 2.75) is 96.6 Å². The third-order valence-electron chi connectivity index (χ3n) is 9.94. The molecule has 8 unspecified atom stereocenters. The highest BCUT2D eigenvalue weighted by atomic mass is 16.6. The van der Waals surface area contributed by atoms with Crippen LogP contribution in [0.15, 0.2) is 12.1 Å². The maximum absolute atomic E-state index is 11.9. The molecule has 1 aromatic rings. The monoisotopic (exact) mass is 544 g/mol. The highest BCUT2D eigenvalue weighted by molar-refractivity contribution is 5.77. The normalized spacial score (nSPS) is 33.3. The summed E-state index contributed by atoms with van der Waals surface area (Å²) in [5.74, 6) is 3.23. The second kappa shape index (κ2) is 13.3. The van der Waals surface area contributed by atoms with Crippen molar-refractivity contribution in [3.63, 3.8) is 0 Å². The molecule has 0 bridgehead atoms. The second-order valence-electron chi connectivity index (χ2n) is 12.9. The molecular weight excluding hydrogens is 496 g/mol. The maximum Gasteiger partial charge on any atom is 0.299 e. The number of nitrogens with zero attached hydrogens (tertiary/aromatic N) is 2. The molecule has 8 atom stereocenters. The predicted octanol–water partition coefficient (Wildman–Crippen LogP) is 6.05. The first kappa shape index (κ1) is 29.5. The van der Waals surface area contributed by atoms with Gasteiger partial charge in [0.2, 0.25) is 0 Å². The molecular formula is C29H48N6O4. The van der Waals surface area contributed by atoms with Crippen LogP contribution in [0.4, 0.5) is 22.7 Å². The molecule has 3 aliphatic carbocycles. The van der Waals surface area contributed by atoms with Gasteiger partial charge in [-0.25, -0.2) is 0 Å². The number of nitro groups is 2. The van der Waals surface area contributed by atoms with E-state index in [4.69, 9.17) is 11.5 Å². The molecule has 10 nitrogen and oxygen atoms in total. The van der Waals surface area contributed by atoms with Crippen LogP contribution in [0.1, 0.15) is 84.5 Å². The summed E-state index contributed by atoms with van der Waals surface area (Å²) in [6, 6.07) is 3.13. The maximum atomic E-state index is 11.9. The summed E-state index contributed by atoms with van der Waals surface area (Å²) in [7, 11) is 0. The van der Waals surface area contributed by atoms with Crippen LogP contribution < -0.4 is 22.1 Å². The largest absolute Gasteiger partial charge is 0.379 e. The molecule has 0 heterocycles. The van der Waals surface area contributed by atoms with E-state index in [1.807, 2.05) is 0 Å². The number of nitrogens with one attached hydrogen (secondary N) is 2. The first-order valence-electron chi connectivity index (χ1n) is 15.1. The Bertz CT molecular complexity index is 1010. The van der Waals surface area contributed by atoms with Crippen molar-refractivity contribution in [1.82, 2.24) is 0 Å². The van der Waals surface area contributed by atoms with E-state index in [0.29, 0.717) is 60.1 Å². The molecule has 0 radical (unpaired) electrons. The van der Waals surface area contributed by atoms with E-state index in [9.17, 15) is 20.2 Å². The molecule has 6 N–H and O–H groups in total. The van der Waals surface area contributed by atoms with E-state index < -0.39 is 9.85 Å². The summed E-state index contributed by atoms with van der Waals surface area (Å²) in [5, 5.41) is 30.5. The van der Waals surface area contributed by atoms with Gasteiger partial charge in [0.1, 0.15) is 11.4 Å². The van der Waals surface area contributed by atoms with Gasteiger partial charge in [0.05, 0.1) is 15.9 Å². The molecule has 0 amide bonds. The lowest BCUT2D eigenvalue weighted by Crippen LogP contribution is -2.37. The van der Waals surface area contributed by atoms with Crippen molar-refractivity contribution < 1.29 is 9.85 Å². The zero-order chi connectivity index (χ0) is 28.1. The standard InChI is InChI=1S/C29H48N6O4/c1-18-10-20(6-8-24(18)31)12-21-7-9-25(19(2)11-21)33-27-14-26(28(34(36)37)15-29(27)35(38)39)32-17-23-5-3-4-22(13-23)16-30/h14-15,18-25,32-33H,3-13,16-17,30-31H2,1-2H3. The van der Waals surface area contributed by atoms with Gasteiger partial charge in [0.15, 0.2) is 0 Å². The van der Waals surface area contributed by atoms with Crippen molar-refractivity contribution in [2.24, 2.45) is 47.0 Å². The molecule has 10 heteroatoms. The summed E-state index contributed by atoms with van der Waals surface area (Å²) < 4.78 is 0. The van der Waals surface area contributed by atoms with Crippen molar-refractivity contribution in [1.29, 1.82) is 0 Å². The number of hydrogen-bond donors (Lipinski definition) is 4. The van der Waals surface area contributed by atoms with Crippen LogP contribution >= 0.6 is 0 Å². The molecule has 3 saturated carbocycles.